The third-order valence-corrected chi connectivity index (χ3v) is 6.19. The Labute approximate surface area is 186 Å². The number of hydrogen-bond acceptors (Lipinski definition) is 6. The Hall–Kier alpha value is -3.13. The number of nitrogens with one attached hydrogen (secondary N) is 2. The zero-order valence-corrected chi connectivity index (χ0v) is 19.0. The summed E-state index contributed by atoms with van der Waals surface area (Å²) in [5, 5.41) is 11.8. The minimum absolute atomic E-state index is 0.172. The summed E-state index contributed by atoms with van der Waals surface area (Å²) >= 11 is 1.61. The first kappa shape index (κ1) is 21.1. The molecule has 31 heavy (non-hydrogen) atoms. The number of thioether (sulfide) groups is 1. The quantitative estimate of drug-likeness (QED) is 0.546. The molecule has 1 aromatic carbocycles. The summed E-state index contributed by atoms with van der Waals surface area (Å²) in [6, 6.07) is 9.41. The SMILES string of the molecule is CCCSc1nc2n(n1)C(c1cccnc1)C(C(=O)Nc1ccc(C)cc1C)=C(C)N2. The number of amides is 1. The van der Waals surface area contributed by atoms with Crippen LogP contribution in [0.2, 0.25) is 0 Å². The fraction of sp³-hybridized carbons (Fsp3) is 0.304. The number of carbonyl (C=O) groups is 1. The van der Waals surface area contributed by atoms with Gasteiger partial charge >= 0.3 is 0 Å². The summed E-state index contributed by atoms with van der Waals surface area (Å²) in [7, 11) is 0. The molecule has 3 aromatic rings. The number of anilines is 2. The number of hydrogen-bond donors (Lipinski definition) is 2. The smallest absolute Gasteiger partial charge is 0.255 e. The molecule has 4 rings (SSSR count). The first-order valence-electron chi connectivity index (χ1n) is 10.3. The lowest BCUT2D eigenvalue weighted by Crippen LogP contribution is -2.31. The van der Waals surface area contributed by atoms with Crippen molar-refractivity contribution in [3.05, 3.63) is 70.7 Å². The molecule has 2 N–H and O–H groups in total. The number of rotatable bonds is 6. The van der Waals surface area contributed by atoms with Crippen molar-refractivity contribution in [1.82, 2.24) is 19.7 Å². The van der Waals surface area contributed by atoms with Gasteiger partial charge in [0, 0.05) is 29.5 Å². The van der Waals surface area contributed by atoms with Gasteiger partial charge in [0.2, 0.25) is 11.1 Å². The van der Waals surface area contributed by atoms with E-state index in [1.54, 1.807) is 28.8 Å². The topological polar surface area (TPSA) is 84.7 Å². The van der Waals surface area contributed by atoms with Crippen molar-refractivity contribution >= 4 is 29.3 Å². The molecule has 0 spiro atoms. The van der Waals surface area contributed by atoms with Crippen molar-refractivity contribution in [1.29, 1.82) is 0 Å². The molecule has 1 amide bonds. The molecule has 1 unspecified atom stereocenters. The molecule has 7 nitrogen and oxygen atoms in total. The van der Waals surface area contributed by atoms with Gasteiger partial charge in [-0.1, -0.05) is 42.4 Å². The molecule has 3 heterocycles. The van der Waals surface area contributed by atoms with E-state index in [1.807, 2.05) is 45.0 Å². The highest BCUT2D eigenvalue weighted by atomic mass is 32.2. The number of fused-ring (bicyclic) bond motifs is 1. The molecule has 160 valence electrons. The van der Waals surface area contributed by atoms with Crippen LogP contribution in [0.4, 0.5) is 11.6 Å². The van der Waals surface area contributed by atoms with Crippen molar-refractivity contribution in [2.75, 3.05) is 16.4 Å². The van der Waals surface area contributed by atoms with Gasteiger partial charge in [-0.05, 0) is 50.5 Å². The molecule has 1 aliphatic heterocycles. The minimum atomic E-state index is -0.417. The van der Waals surface area contributed by atoms with Gasteiger partial charge in [0.25, 0.3) is 5.91 Å². The monoisotopic (exact) mass is 434 g/mol. The number of allylic oxidation sites excluding steroid dienone is 1. The van der Waals surface area contributed by atoms with E-state index in [0.29, 0.717) is 16.7 Å². The van der Waals surface area contributed by atoms with Crippen molar-refractivity contribution in [3.63, 3.8) is 0 Å². The maximum absolute atomic E-state index is 13.5. The van der Waals surface area contributed by atoms with E-state index in [-0.39, 0.29) is 5.91 Å². The van der Waals surface area contributed by atoms with E-state index in [4.69, 9.17) is 5.10 Å². The number of carbonyl (C=O) groups excluding carboxylic acids is 1. The molecule has 0 saturated heterocycles. The van der Waals surface area contributed by atoms with Crippen LogP contribution in [0.15, 0.2) is 59.2 Å². The van der Waals surface area contributed by atoms with Gasteiger partial charge in [-0.25, -0.2) is 4.68 Å². The maximum Gasteiger partial charge on any atom is 0.255 e. The van der Waals surface area contributed by atoms with E-state index in [2.05, 4.69) is 33.6 Å². The van der Waals surface area contributed by atoms with Gasteiger partial charge < -0.3 is 10.6 Å². The van der Waals surface area contributed by atoms with Crippen LogP contribution in [0.25, 0.3) is 0 Å². The first-order chi connectivity index (χ1) is 15.0. The Balaban J connectivity index is 1.74. The second kappa shape index (κ2) is 8.93. The maximum atomic E-state index is 13.5. The summed E-state index contributed by atoms with van der Waals surface area (Å²) in [6.07, 6.45) is 4.54. The molecule has 1 atom stereocenters. The molecule has 1 aliphatic rings. The van der Waals surface area contributed by atoms with Crippen LogP contribution in [0, 0.1) is 13.8 Å². The molecule has 8 heteroatoms. The number of pyridine rings is 1. The van der Waals surface area contributed by atoms with Crippen molar-refractivity contribution in [3.8, 4) is 0 Å². The van der Waals surface area contributed by atoms with Crippen LogP contribution in [-0.4, -0.2) is 31.4 Å². The molecule has 0 radical (unpaired) electrons. The van der Waals surface area contributed by atoms with Crippen molar-refractivity contribution in [2.24, 2.45) is 0 Å². The second-order valence-electron chi connectivity index (χ2n) is 7.64. The number of aromatic nitrogens is 4. The summed E-state index contributed by atoms with van der Waals surface area (Å²) in [4.78, 5) is 22.4. The van der Waals surface area contributed by atoms with E-state index in [9.17, 15) is 4.79 Å². The number of benzene rings is 1. The highest BCUT2D eigenvalue weighted by Gasteiger charge is 2.34. The molecular formula is C23H26N6OS. The first-order valence-corrected chi connectivity index (χ1v) is 11.3. The Morgan fingerprint density at radius 3 is 2.81 bits per heavy atom. The molecule has 2 aromatic heterocycles. The largest absolute Gasteiger partial charge is 0.328 e. The van der Waals surface area contributed by atoms with Crippen LogP contribution >= 0.6 is 11.8 Å². The number of aryl methyl sites for hydroxylation is 2. The molecule has 0 fully saturated rings. The van der Waals surface area contributed by atoms with Crippen LogP contribution in [-0.2, 0) is 4.79 Å². The third-order valence-electron chi connectivity index (χ3n) is 5.14. The van der Waals surface area contributed by atoms with Gasteiger partial charge in [0.05, 0.1) is 5.57 Å². The molecule has 0 aliphatic carbocycles. The van der Waals surface area contributed by atoms with Crippen molar-refractivity contribution in [2.45, 2.75) is 45.3 Å². The normalized spacial score (nSPS) is 15.4. The second-order valence-corrected chi connectivity index (χ2v) is 8.70. The zero-order valence-electron chi connectivity index (χ0n) is 18.1. The fourth-order valence-electron chi connectivity index (χ4n) is 3.67. The lowest BCUT2D eigenvalue weighted by atomic mass is 9.96. The van der Waals surface area contributed by atoms with Gasteiger partial charge in [-0.2, -0.15) is 4.98 Å². The van der Waals surface area contributed by atoms with Crippen LogP contribution in [0.5, 0.6) is 0 Å². The van der Waals surface area contributed by atoms with Gasteiger partial charge in [-0.3, -0.25) is 9.78 Å². The van der Waals surface area contributed by atoms with Crippen LogP contribution in [0.3, 0.4) is 0 Å². The average molecular weight is 435 g/mol. The predicted molar refractivity (Wildman–Crippen MR) is 124 cm³/mol. The summed E-state index contributed by atoms with van der Waals surface area (Å²) in [6.45, 7) is 8.06. The lowest BCUT2D eigenvalue weighted by Gasteiger charge is -2.28. The standard InChI is InChI=1S/C23H26N6OS/c1-5-11-31-23-27-22-25-16(4)19(20(29(22)28-23)17-7-6-10-24-13-17)21(30)26-18-9-8-14(2)12-15(18)3/h6-10,12-13,20H,5,11H2,1-4H3,(H,26,30)(H,25,27,28). The highest BCUT2D eigenvalue weighted by molar-refractivity contribution is 7.99. The van der Waals surface area contributed by atoms with E-state index >= 15 is 0 Å². The Kier molecular flexibility index (Phi) is 6.08. The van der Waals surface area contributed by atoms with E-state index in [0.717, 1.165) is 40.2 Å². The Morgan fingerprint density at radius 1 is 1.26 bits per heavy atom. The van der Waals surface area contributed by atoms with Crippen LogP contribution in [0.1, 0.15) is 43.0 Å². The van der Waals surface area contributed by atoms with E-state index in [1.165, 1.54) is 0 Å². The molecular weight excluding hydrogens is 408 g/mol. The fourth-order valence-corrected chi connectivity index (χ4v) is 4.35. The van der Waals surface area contributed by atoms with E-state index < -0.39 is 6.04 Å². The summed E-state index contributed by atoms with van der Waals surface area (Å²) in [5.74, 6) is 1.40. The highest BCUT2D eigenvalue weighted by Crippen LogP contribution is 2.36. The lowest BCUT2D eigenvalue weighted by molar-refractivity contribution is -0.113. The molecule has 0 saturated carbocycles. The Morgan fingerprint density at radius 2 is 2.10 bits per heavy atom. The zero-order chi connectivity index (χ0) is 22.0. The summed E-state index contributed by atoms with van der Waals surface area (Å²) < 4.78 is 1.79. The number of nitrogens with zero attached hydrogens (tertiary/aromatic N) is 4. The van der Waals surface area contributed by atoms with Gasteiger partial charge in [0.1, 0.15) is 6.04 Å². The predicted octanol–water partition coefficient (Wildman–Crippen LogP) is 4.72. The van der Waals surface area contributed by atoms with Gasteiger partial charge in [-0.15, -0.1) is 5.10 Å². The average Bonchev–Trinajstić information content (AvgIpc) is 3.16. The summed E-state index contributed by atoms with van der Waals surface area (Å²) in [5.41, 5.74) is 5.20. The van der Waals surface area contributed by atoms with Crippen LogP contribution < -0.4 is 10.6 Å². The molecule has 0 bridgehead atoms. The van der Waals surface area contributed by atoms with Gasteiger partial charge in [0.15, 0.2) is 0 Å². The third kappa shape index (κ3) is 4.34. The minimum Gasteiger partial charge on any atom is -0.328 e. The van der Waals surface area contributed by atoms with Crippen molar-refractivity contribution < 1.29 is 4.79 Å². The Bertz CT molecular complexity index is 1140.